The minimum atomic E-state index is -3.67. The number of carbonyl (C=O) groups excluding carboxylic acids is 1. The van der Waals surface area contributed by atoms with Crippen molar-refractivity contribution in [1.82, 2.24) is 10.3 Å². The first kappa shape index (κ1) is 19.9. The number of rotatable bonds is 8. The topological polar surface area (TPSA) is 114 Å². The fraction of sp³-hybridized carbons (Fsp3) is 0.333. The fourth-order valence-electron chi connectivity index (χ4n) is 2.25. The Balaban J connectivity index is 1.90. The third-order valence-electron chi connectivity index (χ3n) is 3.66. The van der Waals surface area contributed by atoms with Crippen LogP contribution in [0.3, 0.4) is 0 Å². The number of anilines is 1. The number of benzene rings is 1. The van der Waals surface area contributed by atoms with Crippen molar-refractivity contribution in [2.24, 2.45) is 11.1 Å². The average Bonchev–Trinajstić information content (AvgIpc) is 2.59. The van der Waals surface area contributed by atoms with E-state index in [9.17, 15) is 13.2 Å². The number of sulfonamides is 1. The number of primary sulfonamides is 1. The summed E-state index contributed by atoms with van der Waals surface area (Å²) < 4.78 is 22.5. The van der Waals surface area contributed by atoms with Gasteiger partial charge in [-0.2, -0.15) is 0 Å². The van der Waals surface area contributed by atoms with Crippen LogP contribution in [-0.2, 0) is 16.4 Å². The van der Waals surface area contributed by atoms with Crippen LogP contribution in [0, 0.1) is 5.92 Å². The molecule has 1 amide bonds. The van der Waals surface area contributed by atoms with E-state index in [0.29, 0.717) is 36.8 Å². The molecule has 0 saturated heterocycles. The highest BCUT2D eigenvalue weighted by molar-refractivity contribution is 7.89. The summed E-state index contributed by atoms with van der Waals surface area (Å²) in [5.41, 5.74) is 1.52. The Kier molecular flexibility index (Phi) is 6.70. The molecule has 1 aromatic carbocycles. The van der Waals surface area contributed by atoms with Crippen molar-refractivity contribution in [2.75, 3.05) is 18.4 Å². The molecule has 1 heterocycles. The van der Waals surface area contributed by atoms with Crippen molar-refractivity contribution in [3.8, 4) is 0 Å². The lowest BCUT2D eigenvalue weighted by Gasteiger charge is -2.10. The molecule has 0 spiro atoms. The van der Waals surface area contributed by atoms with E-state index in [1.165, 1.54) is 12.1 Å². The van der Waals surface area contributed by atoms with Crippen molar-refractivity contribution in [1.29, 1.82) is 0 Å². The molecule has 0 fully saturated rings. The zero-order valence-corrected chi connectivity index (χ0v) is 15.7. The second kappa shape index (κ2) is 8.77. The van der Waals surface area contributed by atoms with E-state index < -0.39 is 10.0 Å². The molecule has 1 aromatic heterocycles. The highest BCUT2D eigenvalue weighted by Gasteiger charge is 2.08. The molecule has 0 atom stereocenters. The van der Waals surface area contributed by atoms with E-state index in [1.54, 1.807) is 30.5 Å². The fourth-order valence-corrected chi connectivity index (χ4v) is 2.76. The molecule has 0 aliphatic heterocycles. The molecular weight excluding hydrogens is 352 g/mol. The van der Waals surface area contributed by atoms with Crippen LogP contribution >= 0.6 is 0 Å². The van der Waals surface area contributed by atoms with Gasteiger partial charge >= 0.3 is 0 Å². The number of nitrogens with zero attached hydrogens (tertiary/aromatic N) is 1. The smallest absolute Gasteiger partial charge is 0.251 e. The SMILES string of the molecule is CC(C)CNC(=O)c1ccnc(NCCc2ccc(S(N)(=O)=O)cc2)c1. The molecule has 0 aliphatic rings. The monoisotopic (exact) mass is 376 g/mol. The Morgan fingerprint density at radius 2 is 1.88 bits per heavy atom. The van der Waals surface area contributed by atoms with Gasteiger partial charge in [-0.05, 0) is 42.2 Å². The van der Waals surface area contributed by atoms with Gasteiger partial charge in [0.15, 0.2) is 0 Å². The lowest BCUT2D eigenvalue weighted by molar-refractivity contribution is 0.0949. The van der Waals surface area contributed by atoms with Gasteiger partial charge in [0.2, 0.25) is 10.0 Å². The summed E-state index contributed by atoms with van der Waals surface area (Å²) in [7, 11) is -3.67. The summed E-state index contributed by atoms with van der Waals surface area (Å²) >= 11 is 0. The lowest BCUT2D eigenvalue weighted by Crippen LogP contribution is -2.27. The van der Waals surface area contributed by atoms with Gasteiger partial charge in [0, 0.05) is 24.8 Å². The van der Waals surface area contributed by atoms with Crippen molar-refractivity contribution >= 4 is 21.7 Å². The van der Waals surface area contributed by atoms with E-state index in [4.69, 9.17) is 5.14 Å². The Hall–Kier alpha value is -2.45. The highest BCUT2D eigenvalue weighted by atomic mass is 32.2. The second-order valence-corrected chi connectivity index (χ2v) is 7.96. The molecule has 0 unspecified atom stereocenters. The maximum Gasteiger partial charge on any atom is 0.251 e. The third-order valence-corrected chi connectivity index (χ3v) is 4.59. The van der Waals surface area contributed by atoms with Crippen molar-refractivity contribution in [3.63, 3.8) is 0 Å². The zero-order chi connectivity index (χ0) is 19.2. The summed E-state index contributed by atoms with van der Waals surface area (Å²) in [5.74, 6) is 0.880. The van der Waals surface area contributed by atoms with Gasteiger partial charge < -0.3 is 10.6 Å². The molecule has 0 bridgehead atoms. The predicted octanol–water partition coefficient (Wildman–Crippen LogP) is 1.77. The van der Waals surface area contributed by atoms with E-state index in [2.05, 4.69) is 15.6 Å². The van der Waals surface area contributed by atoms with Gasteiger partial charge in [-0.3, -0.25) is 4.79 Å². The van der Waals surface area contributed by atoms with Crippen LogP contribution in [0.2, 0.25) is 0 Å². The second-order valence-electron chi connectivity index (χ2n) is 6.40. The van der Waals surface area contributed by atoms with Gasteiger partial charge in [0.25, 0.3) is 5.91 Å². The maximum atomic E-state index is 12.1. The predicted molar refractivity (Wildman–Crippen MR) is 101 cm³/mol. The van der Waals surface area contributed by atoms with Crippen LogP contribution < -0.4 is 15.8 Å². The molecule has 2 rings (SSSR count). The lowest BCUT2D eigenvalue weighted by atomic mass is 10.1. The number of amides is 1. The summed E-state index contributed by atoms with van der Waals surface area (Å²) in [6, 6.07) is 9.81. The Labute approximate surface area is 154 Å². The number of aromatic nitrogens is 1. The zero-order valence-electron chi connectivity index (χ0n) is 14.9. The highest BCUT2D eigenvalue weighted by Crippen LogP contribution is 2.11. The van der Waals surface area contributed by atoms with Crippen LogP contribution in [0.15, 0.2) is 47.5 Å². The maximum absolute atomic E-state index is 12.1. The minimum Gasteiger partial charge on any atom is -0.370 e. The molecule has 0 radical (unpaired) electrons. The summed E-state index contributed by atoms with van der Waals surface area (Å²) in [4.78, 5) is 16.4. The summed E-state index contributed by atoms with van der Waals surface area (Å²) in [6.07, 6.45) is 2.27. The number of nitrogens with two attached hydrogens (primary N) is 1. The molecule has 0 aliphatic carbocycles. The summed E-state index contributed by atoms with van der Waals surface area (Å²) in [6.45, 7) is 5.29. The number of pyridine rings is 1. The number of nitrogens with one attached hydrogen (secondary N) is 2. The third kappa shape index (κ3) is 6.12. The average molecular weight is 376 g/mol. The van der Waals surface area contributed by atoms with Crippen LogP contribution in [-0.4, -0.2) is 32.4 Å². The molecular formula is C18H24N4O3S. The van der Waals surface area contributed by atoms with Gasteiger partial charge in [-0.1, -0.05) is 26.0 Å². The molecule has 7 nitrogen and oxygen atoms in total. The van der Waals surface area contributed by atoms with E-state index in [0.717, 1.165) is 5.56 Å². The summed E-state index contributed by atoms with van der Waals surface area (Å²) in [5, 5.41) is 11.1. The molecule has 8 heteroatoms. The first-order valence-corrected chi connectivity index (χ1v) is 9.90. The molecule has 4 N–H and O–H groups in total. The largest absolute Gasteiger partial charge is 0.370 e. The van der Waals surface area contributed by atoms with Crippen molar-refractivity contribution < 1.29 is 13.2 Å². The Bertz CT molecular complexity index is 849. The minimum absolute atomic E-state index is 0.0935. The first-order valence-electron chi connectivity index (χ1n) is 8.35. The van der Waals surface area contributed by atoms with Gasteiger partial charge in [0.05, 0.1) is 4.90 Å². The normalized spacial score (nSPS) is 11.4. The quantitative estimate of drug-likeness (QED) is 0.650. The van der Waals surface area contributed by atoms with Crippen LogP contribution in [0.1, 0.15) is 29.8 Å². The van der Waals surface area contributed by atoms with Crippen LogP contribution in [0.4, 0.5) is 5.82 Å². The van der Waals surface area contributed by atoms with E-state index in [1.807, 2.05) is 13.8 Å². The van der Waals surface area contributed by atoms with E-state index in [-0.39, 0.29) is 10.8 Å². The molecule has 26 heavy (non-hydrogen) atoms. The van der Waals surface area contributed by atoms with Crippen molar-refractivity contribution in [3.05, 3.63) is 53.7 Å². The van der Waals surface area contributed by atoms with Gasteiger partial charge in [-0.15, -0.1) is 0 Å². The van der Waals surface area contributed by atoms with E-state index >= 15 is 0 Å². The first-order chi connectivity index (χ1) is 12.3. The number of hydrogen-bond acceptors (Lipinski definition) is 5. The molecule has 140 valence electrons. The van der Waals surface area contributed by atoms with Crippen molar-refractivity contribution in [2.45, 2.75) is 25.2 Å². The van der Waals surface area contributed by atoms with Gasteiger partial charge in [0.1, 0.15) is 5.82 Å². The van der Waals surface area contributed by atoms with Crippen LogP contribution in [0.25, 0.3) is 0 Å². The standard InChI is InChI=1S/C18H24N4O3S/c1-13(2)12-22-18(23)15-8-10-21-17(11-15)20-9-7-14-3-5-16(6-4-14)26(19,24)25/h3-6,8,10-11,13H,7,9,12H2,1-2H3,(H,20,21)(H,22,23)(H2,19,24,25). The Morgan fingerprint density at radius 1 is 1.19 bits per heavy atom. The number of carbonyl (C=O) groups is 1. The molecule has 0 saturated carbocycles. The molecule has 2 aromatic rings. The Morgan fingerprint density at radius 3 is 2.50 bits per heavy atom. The van der Waals surface area contributed by atoms with Gasteiger partial charge in [-0.25, -0.2) is 18.5 Å². The number of hydrogen-bond donors (Lipinski definition) is 3. The van der Waals surface area contributed by atoms with Crippen LogP contribution in [0.5, 0.6) is 0 Å².